The number of rotatable bonds is 3. The van der Waals surface area contributed by atoms with Crippen LogP contribution in [0, 0.1) is 11.3 Å². The Morgan fingerprint density at radius 2 is 1.68 bits per heavy atom. The molecule has 22 heavy (non-hydrogen) atoms. The molecule has 1 atom stereocenters. The van der Waals surface area contributed by atoms with Gasteiger partial charge in [-0.25, -0.2) is 0 Å². The molecule has 1 saturated heterocycles. The minimum absolute atomic E-state index is 0.00786. The van der Waals surface area contributed by atoms with Crippen molar-refractivity contribution in [2.75, 3.05) is 13.1 Å². The van der Waals surface area contributed by atoms with E-state index in [4.69, 9.17) is 5.11 Å². The van der Waals surface area contributed by atoms with E-state index >= 15 is 0 Å². The third-order valence-corrected chi connectivity index (χ3v) is 6.02. The Morgan fingerprint density at radius 3 is 2.18 bits per heavy atom. The van der Waals surface area contributed by atoms with Gasteiger partial charge in [0.05, 0.1) is 11.3 Å². The van der Waals surface area contributed by atoms with Crippen LogP contribution in [0.5, 0.6) is 0 Å². The molecule has 0 aromatic heterocycles. The second-order valence-electron chi connectivity index (χ2n) is 7.20. The van der Waals surface area contributed by atoms with Crippen LogP contribution >= 0.6 is 0 Å². The quantitative estimate of drug-likeness (QED) is 0.932. The number of carbonyl (C=O) groups is 2. The van der Waals surface area contributed by atoms with Gasteiger partial charge in [-0.3, -0.25) is 9.59 Å². The van der Waals surface area contributed by atoms with Crippen LogP contribution in [0.25, 0.3) is 0 Å². The van der Waals surface area contributed by atoms with E-state index in [1.165, 1.54) is 0 Å². The molecule has 1 aromatic carbocycles. The molecule has 3 fully saturated rings. The van der Waals surface area contributed by atoms with Crippen molar-refractivity contribution in [1.29, 1.82) is 0 Å². The minimum Gasteiger partial charge on any atom is -0.481 e. The first kappa shape index (κ1) is 13.8. The lowest BCUT2D eigenvalue weighted by Crippen LogP contribution is -2.45. The van der Waals surface area contributed by atoms with Gasteiger partial charge in [0.25, 0.3) is 0 Å². The average molecular weight is 299 g/mol. The Morgan fingerprint density at radius 1 is 1.05 bits per heavy atom. The summed E-state index contributed by atoms with van der Waals surface area (Å²) in [5.41, 5.74) is 0.836. The molecule has 1 spiro atoms. The largest absolute Gasteiger partial charge is 0.481 e. The second kappa shape index (κ2) is 4.58. The summed E-state index contributed by atoms with van der Waals surface area (Å²) < 4.78 is 0. The second-order valence-corrected chi connectivity index (χ2v) is 7.20. The highest BCUT2D eigenvalue weighted by Gasteiger charge is 2.60. The molecular formula is C18H21NO3. The third-order valence-electron chi connectivity index (χ3n) is 6.02. The number of nitrogens with zero attached hydrogens (tertiary/aromatic N) is 1. The normalized spacial score (nSPS) is 27.5. The van der Waals surface area contributed by atoms with E-state index in [9.17, 15) is 9.59 Å². The summed E-state index contributed by atoms with van der Waals surface area (Å²) in [6, 6.07) is 10.1. The molecule has 116 valence electrons. The average Bonchev–Trinajstić information content (AvgIpc) is 3.44. The molecule has 2 saturated carbocycles. The van der Waals surface area contributed by atoms with E-state index in [-0.39, 0.29) is 22.7 Å². The summed E-state index contributed by atoms with van der Waals surface area (Å²) in [6.07, 6.45) is 4.37. The van der Waals surface area contributed by atoms with Crippen LogP contribution in [0.4, 0.5) is 0 Å². The number of aliphatic carboxylic acids is 1. The van der Waals surface area contributed by atoms with Gasteiger partial charge < -0.3 is 10.0 Å². The Labute approximate surface area is 130 Å². The van der Waals surface area contributed by atoms with Crippen molar-refractivity contribution >= 4 is 11.9 Å². The van der Waals surface area contributed by atoms with Gasteiger partial charge in [-0.05, 0) is 43.1 Å². The molecule has 1 amide bonds. The molecular weight excluding hydrogens is 278 g/mol. The zero-order valence-electron chi connectivity index (χ0n) is 12.6. The van der Waals surface area contributed by atoms with Crippen molar-refractivity contribution in [2.24, 2.45) is 11.3 Å². The fourth-order valence-corrected chi connectivity index (χ4v) is 4.22. The van der Waals surface area contributed by atoms with E-state index < -0.39 is 5.97 Å². The van der Waals surface area contributed by atoms with E-state index in [2.05, 4.69) is 12.1 Å². The molecule has 2 aliphatic carbocycles. The maximum Gasteiger partial charge on any atom is 0.307 e. The summed E-state index contributed by atoms with van der Waals surface area (Å²) in [5, 5.41) is 9.15. The number of likely N-dealkylation sites (tertiary alicyclic amines) is 1. The molecule has 3 aliphatic rings. The van der Waals surface area contributed by atoms with Gasteiger partial charge in [-0.15, -0.1) is 0 Å². The molecule has 1 heterocycles. The van der Waals surface area contributed by atoms with Gasteiger partial charge in [0.1, 0.15) is 0 Å². The fourth-order valence-electron chi connectivity index (χ4n) is 4.22. The maximum atomic E-state index is 12.9. The number of benzene rings is 1. The van der Waals surface area contributed by atoms with Gasteiger partial charge in [0, 0.05) is 13.1 Å². The standard InChI is InChI=1S/C18H21NO3/c20-15(21)14-12-17(14)8-10-19(11-9-17)16(22)18(6-7-18)13-4-2-1-3-5-13/h1-5,14H,6-12H2,(H,20,21). The highest BCUT2D eigenvalue weighted by Crippen LogP contribution is 2.60. The fraction of sp³-hybridized carbons (Fsp3) is 0.556. The highest BCUT2D eigenvalue weighted by atomic mass is 16.4. The van der Waals surface area contributed by atoms with Crippen molar-refractivity contribution < 1.29 is 14.7 Å². The Hall–Kier alpha value is -1.84. The molecule has 1 aliphatic heterocycles. The Bertz CT molecular complexity index is 612. The zero-order chi connectivity index (χ0) is 15.4. The maximum absolute atomic E-state index is 12.9. The minimum atomic E-state index is -0.664. The Kier molecular flexibility index (Phi) is 2.87. The number of piperidine rings is 1. The zero-order valence-corrected chi connectivity index (χ0v) is 12.6. The predicted molar refractivity (Wildman–Crippen MR) is 81.3 cm³/mol. The molecule has 4 nitrogen and oxygen atoms in total. The first-order valence-electron chi connectivity index (χ1n) is 8.15. The predicted octanol–water partition coefficient (Wildman–Crippen LogP) is 2.43. The van der Waals surface area contributed by atoms with Crippen LogP contribution in [-0.2, 0) is 15.0 Å². The van der Waals surface area contributed by atoms with Gasteiger partial charge in [0.15, 0.2) is 0 Å². The van der Waals surface area contributed by atoms with Crippen molar-refractivity contribution in [3.8, 4) is 0 Å². The van der Waals surface area contributed by atoms with Gasteiger partial charge in [0.2, 0.25) is 5.91 Å². The van der Waals surface area contributed by atoms with E-state index in [1.807, 2.05) is 23.1 Å². The third kappa shape index (κ3) is 1.97. The van der Waals surface area contributed by atoms with Crippen LogP contribution in [0.2, 0.25) is 0 Å². The van der Waals surface area contributed by atoms with Crippen molar-refractivity contribution in [3.05, 3.63) is 35.9 Å². The van der Waals surface area contributed by atoms with Crippen molar-refractivity contribution in [1.82, 2.24) is 4.90 Å². The lowest BCUT2D eigenvalue weighted by Gasteiger charge is -2.35. The monoisotopic (exact) mass is 299 g/mol. The summed E-state index contributed by atoms with van der Waals surface area (Å²) in [5.74, 6) is -0.586. The first-order chi connectivity index (χ1) is 10.6. The van der Waals surface area contributed by atoms with Crippen LogP contribution in [0.3, 0.4) is 0 Å². The number of amides is 1. The topological polar surface area (TPSA) is 57.6 Å². The number of hydrogen-bond donors (Lipinski definition) is 1. The smallest absolute Gasteiger partial charge is 0.307 e. The number of carboxylic acid groups (broad SMARTS) is 1. The van der Waals surface area contributed by atoms with Gasteiger partial charge >= 0.3 is 5.97 Å². The van der Waals surface area contributed by atoms with Crippen LogP contribution < -0.4 is 0 Å². The van der Waals surface area contributed by atoms with E-state index in [0.717, 1.165) is 50.8 Å². The molecule has 4 heteroatoms. The van der Waals surface area contributed by atoms with Crippen LogP contribution in [0.15, 0.2) is 30.3 Å². The SMILES string of the molecule is O=C(O)C1CC12CCN(C(=O)C1(c3ccccc3)CC1)CC2. The molecule has 4 rings (SSSR count). The molecule has 1 N–H and O–H groups in total. The lowest BCUT2D eigenvalue weighted by atomic mass is 9.88. The van der Waals surface area contributed by atoms with Crippen molar-refractivity contribution in [2.45, 2.75) is 37.5 Å². The van der Waals surface area contributed by atoms with Crippen LogP contribution in [0.1, 0.15) is 37.7 Å². The lowest BCUT2D eigenvalue weighted by molar-refractivity contribution is -0.140. The summed E-state index contributed by atoms with van der Waals surface area (Å²) >= 11 is 0. The first-order valence-corrected chi connectivity index (χ1v) is 8.15. The summed E-state index contributed by atoms with van der Waals surface area (Å²) in [6.45, 7) is 1.44. The van der Waals surface area contributed by atoms with E-state index in [0.29, 0.717) is 0 Å². The molecule has 1 aromatic rings. The van der Waals surface area contributed by atoms with Crippen LogP contribution in [-0.4, -0.2) is 35.0 Å². The van der Waals surface area contributed by atoms with Crippen molar-refractivity contribution in [3.63, 3.8) is 0 Å². The molecule has 0 radical (unpaired) electrons. The van der Waals surface area contributed by atoms with Gasteiger partial charge in [-0.1, -0.05) is 30.3 Å². The number of carbonyl (C=O) groups excluding carboxylic acids is 1. The number of carboxylic acids is 1. The summed E-state index contributed by atoms with van der Waals surface area (Å²) in [7, 11) is 0. The van der Waals surface area contributed by atoms with Gasteiger partial charge in [-0.2, -0.15) is 0 Å². The molecule has 0 bridgehead atoms. The molecule has 1 unspecified atom stereocenters. The highest BCUT2D eigenvalue weighted by molar-refractivity contribution is 5.91. The Balaban J connectivity index is 1.44. The van der Waals surface area contributed by atoms with E-state index in [1.54, 1.807) is 0 Å². The summed E-state index contributed by atoms with van der Waals surface area (Å²) in [4.78, 5) is 26.0. The number of hydrogen-bond acceptors (Lipinski definition) is 2.